The molecule has 0 saturated carbocycles. The molecule has 1 aliphatic rings. The van der Waals surface area contributed by atoms with E-state index in [1.165, 1.54) is 0 Å². The van der Waals surface area contributed by atoms with E-state index in [1.807, 2.05) is 20.8 Å². The zero-order valence-corrected chi connectivity index (χ0v) is 12.2. The van der Waals surface area contributed by atoms with Crippen LogP contribution in [0.5, 0.6) is 5.88 Å². The summed E-state index contributed by atoms with van der Waals surface area (Å²) in [7, 11) is 0. The molecule has 0 spiro atoms. The zero-order chi connectivity index (χ0) is 14.8. The van der Waals surface area contributed by atoms with Crippen LogP contribution in [0.15, 0.2) is 12.3 Å². The number of hydrogen-bond acceptors (Lipinski definition) is 5. The maximum atomic E-state index is 11.7. The number of anilines is 1. The monoisotopic (exact) mass is 279 g/mol. The van der Waals surface area contributed by atoms with E-state index in [4.69, 9.17) is 4.74 Å². The minimum atomic E-state index is -0.892. The molecule has 110 valence electrons. The smallest absolute Gasteiger partial charge is 0.329 e. The van der Waals surface area contributed by atoms with Crippen LogP contribution in [0.2, 0.25) is 0 Å². The van der Waals surface area contributed by atoms with E-state index in [2.05, 4.69) is 9.97 Å². The third kappa shape index (κ3) is 2.55. The quantitative estimate of drug-likeness (QED) is 0.889. The lowest BCUT2D eigenvalue weighted by Gasteiger charge is -2.33. The number of carboxylic acid groups (broad SMARTS) is 1. The molecule has 1 aromatic heterocycles. The van der Waals surface area contributed by atoms with E-state index in [-0.39, 0.29) is 6.10 Å². The molecule has 1 atom stereocenters. The van der Waals surface area contributed by atoms with Gasteiger partial charge in [-0.1, -0.05) is 6.92 Å². The maximum absolute atomic E-state index is 11.7. The first-order chi connectivity index (χ1) is 9.49. The summed E-state index contributed by atoms with van der Waals surface area (Å²) in [5.74, 6) is 0.105. The van der Waals surface area contributed by atoms with E-state index >= 15 is 0 Å². The van der Waals surface area contributed by atoms with Crippen molar-refractivity contribution in [3.8, 4) is 5.88 Å². The molecule has 6 heteroatoms. The molecule has 0 radical (unpaired) electrons. The topological polar surface area (TPSA) is 75.5 Å². The molecule has 2 rings (SSSR count). The van der Waals surface area contributed by atoms with E-state index in [0.717, 1.165) is 6.42 Å². The Balaban J connectivity index is 2.32. The van der Waals surface area contributed by atoms with Gasteiger partial charge in [0.2, 0.25) is 11.8 Å². The van der Waals surface area contributed by atoms with Crippen LogP contribution in [0.3, 0.4) is 0 Å². The number of carboxylic acids is 1. The fraction of sp³-hybridized carbons (Fsp3) is 0.643. The van der Waals surface area contributed by atoms with Crippen molar-refractivity contribution >= 4 is 11.9 Å². The Morgan fingerprint density at radius 2 is 2.35 bits per heavy atom. The summed E-state index contributed by atoms with van der Waals surface area (Å²) >= 11 is 0. The summed E-state index contributed by atoms with van der Waals surface area (Å²) in [6, 6.07) is 1.69. The molecule has 0 aromatic carbocycles. The van der Waals surface area contributed by atoms with Crippen molar-refractivity contribution in [3.05, 3.63) is 12.3 Å². The Kier molecular flexibility index (Phi) is 4.11. The number of nitrogens with zero attached hydrogens (tertiary/aromatic N) is 3. The third-order valence-corrected chi connectivity index (χ3v) is 3.69. The van der Waals surface area contributed by atoms with Crippen LogP contribution in [0.25, 0.3) is 0 Å². The fourth-order valence-electron chi connectivity index (χ4n) is 2.68. The Bertz CT molecular complexity index is 492. The van der Waals surface area contributed by atoms with Crippen molar-refractivity contribution in [2.75, 3.05) is 11.4 Å². The molecule has 0 amide bonds. The molecule has 20 heavy (non-hydrogen) atoms. The number of hydrogen-bond donors (Lipinski definition) is 1. The van der Waals surface area contributed by atoms with Crippen LogP contribution in [0.4, 0.5) is 5.95 Å². The number of aliphatic carboxylic acids is 1. The molecule has 0 bridgehead atoms. The molecule has 1 fully saturated rings. The second-order valence-corrected chi connectivity index (χ2v) is 5.31. The average Bonchev–Trinajstić information content (AvgIpc) is 2.83. The van der Waals surface area contributed by atoms with E-state index in [1.54, 1.807) is 17.2 Å². The first-order valence-electron chi connectivity index (χ1n) is 7.00. The van der Waals surface area contributed by atoms with Crippen LogP contribution in [-0.4, -0.2) is 39.2 Å². The highest BCUT2D eigenvalue weighted by Gasteiger charge is 2.47. The van der Waals surface area contributed by atoms with Crippen molar-refractivity contribution in [3.63, 3.8) is 0 Å². The van der Waals surface area contributed by atoms with Crippen molar-refractivity contribution in [1.82, 2.24) is 9.97 Å². The van der Waals surface area contributed by atoms with Gasteiger partial charge in [-0.3, -0.25) is 0 Å². The van der Waals surface area contributed by atoms with Gasteiger partial charge in [-0.25, -0.2) is 9.78 Å². The van der Waals surface area contributed by atoms with Crippen molar-refractivity contribution in [2.45, 2.75) is 51.7 Å². The van der Waals surface area contributed by atoms with Gasteiger partial charge in [0, 0.05) is 18.8 Å². The van der Waals surface area contributed by atoms with Crippen molar-refractivity contribution in [1.29, 1.82) is 0 Å². The highest BCUT2D eigenvalue weighted by molar-refractivity contribution is 5.83. The maximum Gasteiger partial charge on any atom is 0.329 e. The van der Waals surface area contributed by atoms with E-state index in [0.29, 0.717) is 31.2 Å². The minimum absolute atomic E-state index is 0.0201. The fourth-order valence-corrected chi connectivity index (χ4v) is 2.68. The Morgan fingerprint density at radius 3 is 2.95 bits per heavy atom. The molecule has 1 N–H and O–H groups in total. The largest absolute Gasteiger partial charge is 0.479 e. The summed E-state index contributed by atoms with van der Waals surface area (Å²) in [5.41, 5.74) is -0.892. The second-order valence-electron chi connectivity index (χ2n) is 5.31. The molecule has 1 saturated heterocycles. The number of aromatic nitrogens is 2. The molecule has 1 unspecified atom stereocenters. The molecular weight excluding hydrogens is 258 g/mol. The normalized spacial score (nSPS) is 22.3. The first-order valence-corrected chi connectivity index (χ1v) is 7.00. The zero-order valence-electron chi connectivity index (χ0n) is 12.2. The lowest BCUT2D eigenvalue weighted by atomic mass is 9.93. The van der Waals surface area contributed by atoms with Crippen LogP contribution in [-0.2, 0) is 4.79 Å². The molecule has 0 aliphatic carbocycles. The van der Waals surface area contributed by atoms with Gasteiger partial charge in [-0.2, -0.15) is 4.98 Å². The summed E-state index contributed by atoms with van der Waals surface area (Å²) in [6.07, 6.45) is 3.62. The summed E-state index contributed by atoms with van der Waals surface area (Å²) < 4.78 is 5.55. The minimum Gasteiger partial charge on any atom is -0.479 e. The first kappa shape index (κ1) is 14.6. The Labute approximate surface area is 118 Å². The SMILES string of the molecule is CCC1(C(=O)O)CCCN1c1nccc(OC(C)C)n1. The average molecular weight is 279 g/mol. The Morgan fingerprint density at radius 1 is 1.60 bits per heavy atom. The summed E-state index contributed by atoms with van der Waals surface area (Å²) in [4.78, 5) is 22.0. The van der Waals surface area contributed by atoms with Crippen molar-refractivity contribution < 1.29 is 14.6 Å². The van der Waals surface area contributed by atoms with Crippen molar-refractivity contribution in [2.24, 2.45) is 0 Å². The number of rotatable bonds is 5. The molecule has 6 nitrogen and oxygen atoms in total. The molecular formula is C14H21N3O3. The highest BCUT2D eigenvalue weighted by atomic mass is 16.5. The van der Waals surface area contributed by atoms with Gasteiger partial charge >= 0.3 is 5.97 Å². The van der Waals surface area contributed by atoms with E-state index < -0.39 is 11.5 Å². The van der Waals surface area contributed by atoms with E-state index in [9.17, 15) is 9.90 Å². The van der Waals surface area contributed by atoms with Crippen LogP contribution >= 0.6 is 0 Å². The lowest BCUT2D eigenvalue weighted by molar-refractivity contribution is -0.143. The van der Waals surface area contributed by atoms with Crippen LogP contribution < -0.4 is 9.64 Å². The van der Waals surface area contributed by atoms with Gasteiger partial charge < -0.3 is 14.7 Å². The van der Waals surface area contributed by atoms with Gasteiger partial charge in [0.15, 0.2) is 0 Å². The standard InChI is InChI=1S/C14H21N3O3/c1-4-14(12(18)19)7-5-9-17(14)13-15-8-6-11(16-13)20-10(2)3/h6,8,10H,4-5,7,9H2,1-3H3,(H,18,19). The molecule has 1 aromatic rings. The lowest BCUT2D eigenvalue weighted by Crippen LogP contribution is -2.51. The highest BCUT2D eigenvalue weighted by Crippen LogP contribution is 2.35. The summed E-state index contributed by atoms with van der Waals surface area (Å²) in [6.45, 7) is 6.39. The Hall–Kier alpha value is -1.85. The molecule has 2 heterocycles. The predicted octanol–water partition coefficient (Wildman–Crippen LogP) is 2.10. The third-order valence-electron chi connectivity index (χ3n) is 3.69. The van der Waals surface area contributed by atoms with Gasteiger partial charge in [0.1, 0.15) is 5.54 Å². The van der Waals surface area contributed by atoms with Gasteiger partial charge in [0.25, 0.3) is 0 Å². The van der Waals surface area contributed by atoms with Gasteiger partial charge in [0.05, 0.1) is 6.10 Å². The predicted molar refractivity (Wildman–Crippen MR) is 75.0 cm³/mol. The second kappa shape index (κ2) is 5.64. The van der Waals surface area contributed by atoms with Crippen LogP contribution in [0, 0.1) is 0 Å². The molecule has 1 aliphatic heterocycles. The number of carbonyl (C=O) groups is 1. The van der Waals surface area contributed by atoms with Crippen LogP contribution in [0.1, 0.15) is 40.0 Å². The number of ether oxygens (including phenoxy) is 1. The van der Waals surface area contributed by atoms with Gasteiger partial charge in [-0.15, -0.1) is 0 Å². The van der Waals surface area contributed by atoms with Gasteiger partial charge in [-0.05, 0) is 33.1 Å². The summed E-state index contributed by atoms with van der Waals surface area (Å²) in [5, 5.41) is 9.58.